The van der Waals surface area contributed by atoms with Crippen molar-refractivity contribution in [2.75, 3.05) is 5.32 Å². The van der Waals surface area contributed by atoms with Crippen LogP contribution in [0, 0.1) is 12.4 Å². The van der Waals surface area contributed by atoms with Crippen molar-refractivity contribution in [3.63, 3.8) is 0 Å². The molecule has 0 heterocycles. The highest BCUT2D eigenvalue weighted by atomic mass is 19.1. The minimum Gasteiger partial charge on any atom is -0.444 e. The molecule has 0 saturated carbocycles. The van der Waals surface area contributed by atoms with Crippen molar-refractivity contribution in [2.24, 2.45) is 0 Å². The molecule has 0 fully saturated rings. The molecule has 0 saturated heterocycles. The molecular formula is C14H17FN2O2. The van der Waals surface area contributed by atoms with E-state index in [1.54, 1.807) is 27.7 Å². The number of nitrogens with one attached hydrogen (secondary N) is 1. The van der Waals surface area contributed by atoms with Crippen molar-refractivity contribution in [1.82, 2.24) is 0 Å². The molecule has 1 N–H and O–H groups in total. The Labute approximate surface area is 112 Å². The number of anilines is 1. The Morgan fingerprint density at radius 2 is 2.11 bits per heavy atom. The molecule has 4 nitrogen and oxygen atoms in total. The van der Waals surface area contributed by atoms with Crippen molar-refractivity contribution in [2.45, 2.75) is 39.3 Å². The van der Waals surface area contributed by atoms with E-state index >= 15 is 0 Å². The van der Waals surface area contributed by atoms with Gasteiger partial charge in [0.1, 0.15) is 11.4 Å². The Kier molecular flexibility index (Phi) is 4.49. The maximum Gasteiger partial charge on any atom is 0.412 e. The zero-order chi connectivity index (χ0) is 14.6. The molecular weight excluding hydrogens is 247 g/mol. The number of nitrogens with zero attached hydrogens (tertiary/aromatic N) is 1. The van der Waals surface area contributed by atoms with Crippen molar-refractivity contribution in [3.8, 4) is 0 Å². The van der Waals surface area contributed by atoms with Gasteiger partial charge >= 0.3 is 6.09 Å². The van der Waals surface area contributed by atoms with E-state index in [0.717, 1.165) is 0 Å². The van der Waals surface area contributed by atoms with E-state index < -0.39 is 23.6 Å². The summed E-state index contributed by atoms with van der Waals surface area (Å²) in [5.41, 5.74) is 0.0567. The lowest BCUT2D eigenvalue weighted by Crippen LogP contribution is -2.27. The van der Waals surface area contributed by atoms with Gasteiger partial charge in [-0.25, -0.2) is 15.8 Å². The molecule has 5 heteroatoms. The van der Waals surface area contributed by atoms with Gasteiger partial charge in [-0.3, -0.25) is 5.32 Å². The average Bonchev–Trinajstić information content (AvgIpc) is 2.28. The van der Waals surface area contributed by atoms with Crippen LogP contribution in [0.5, 0.6) is 0 Å². The Morgan fingerprint density at radius 3 is 2.63 bits per heavy atom. The van der Waals surface area contributed by atoms with Gasteiger partial charge in [0.2, 0.25) is 6.04 Å². The minimum absolute atomic E-state index is 0.253. The third-order valence-electron chi connectivity index (χ3n) is 2.29. The van der Waals surface area contributed by atoms with Gasteiger partial charge in [-0.1, -0.05) is 0 Å². The number of carbonyl (C=O) groups is 1. The van der Waals surface area contributed by atoms with Crippen molar-refractivity contribution >= 4 is 11.8 Å². The maximum atomic E-state index is 13.5. The van der Waals surface area contributed by atoms with Crippen LogP contribution in [0.3, 0.4) is 0 Å². The summed E-state index contributed by atoms with van der Waals surface area (Å²) in [7, 11) is 0. The lowest BCUT2D eigenvalue weighted by molar-refractivity contribution is 0.0636. The summed E-state index contributed by atoms with van der Waals surface area (Å²) in [5.74, 6) is -0.460. The minimum atomic E-state index is -0.611. The molecule has 0 aromatic heterocycles. The number of carbonyl (C=O) groups excluding carboxylic acids is 1. The fourth-order valence-corrected chi connectivity index (χ4v) is 1.43. The molecule has 19 heavy (non-hydrogen) atoms. The van der Waals surface area contributed by atoms with Gasteiger partial charge in [0, 0.05) is 12.6 Å². The number of rotatable bonds is 2. The Hall–Kier alpha value is -2.09. The van der Waals surface area contributed by atoms with E-state index in [0.29, 0.717) is 5.69 Å². The van der Waals surface area contributed by atoms with E-state index in [1.807, 2.05) is 0 Å². The summed E-state index contributed by atoms with van der Waals surface area (Å²) in [6.07, 6.45) is -0.611. The van der Waals surface area contributed by atoms with Crippen molar-refractivity contribution in [1.29, 1.82) is 0 Å². The van der Waals surface area contributed by atoms with Crippen LogP contribution in [0.15, 0.2) is 18.2 Å². The number of benzene rings is 1. The van der Waals surface area contributed by atoms with Crippen LogP contribution in [0.4, 0.5) is 14.9 Å². The summed E-state index contributed by atoms with van der Waals surface area (Å²) in [4.78, 5) is 14.8. The second-order valence-corrected chi connectivity index (χ2v) is 5.17. The van der Waals surface area contributed by atoms with Gasteiger partial charge in [-0.05, 0) is 39.0 Å². The molecule has 1 aromatic rings. The van der Waals surface area contributed by atoms with Crippen LogP contribution in [0.25, 0.3) is 4.85 Å². The third kappa shape index (κ3) is 4.59. The normalized spacial score (nSPS) is 12.4. The van der Waals surface area contributed by atoms with Crippen molar-refractivity contribution < 1.29 is 13.9 Å². The maximum absolute atomic E-state index is 13.5. The summed E-state index contributed by atoms with van der Waals surface area (Å²) >= 11 is 0. The molecule has 1 unspecified atom stereocenters. The zero-order valence-corrected chi connectivity index (χ0v) is 11.5. The summed E-state index contributed by atoms with van der Waals surface area (Å²) in [5, 5.41) is 2.51. The molecule has 1 amide bonds. The van der Waals surface area contributed by atoms with Gasteiger partial charge in [-0.15, -0.1) is 0 Å². The van der Waals surface area contributed by atoms with Gasteiger partial charge in [0.15, 0.2) is 0 Å². The van der Waals surface area contributed by atoms with E-state index in [4.69, 9.17) is 11.3 Å². The number of ether oxygens (including phenoxy) is 1. The largest absolute Gasteiger partial charge is 0.444 e. The second-order valence-electron chi connectivity index (χ2n) is 5.17. The van der Waals surface area contributed by atoms with Crippen LogP contribution >= 0.6 is 0 Å². The van der Waals surface area contributed by atoms with Gasteiger partial charge in [0.05, 0.1) is 5.56 Å². The van der Waals surface area contributed by atoms with E-state index in [2.05, 4.69) is 10.2 Å². The highest BCUT2D eigenvalue weighted by Gasteiger charge is 2.18. The second kappa shape index (κ2) is 5.70. The first-order chi connectivity index (χ1) is 8.73. The number of halogens is 1. The predicted octanol–water partition coefficient (Wildman–Crippen LogP) is 4.15. The summed E-state index contributed by atoms with van der Waals surface area (Å²) in [6, 6.07) is 3.51. The first-order valence-electron chi connectivity index (χ1n) is 5.89. The monoisotopic (exact) mass is 264 g/mol. The number of hydrogen-bond donors (Lipinski definition) is 1. The van der Waals surface area contributed by atoms with E-state index in [9.17, 15) is 9.18 Å². The lowest BCUT2D eigenvalue weighted by atomic mass is 10.1. The molecule has 0 aliphatic carbocycles. The lowest BCUT2D eigenvalue weighted by Gasteiger charge is -2.19. The average molecular weight is 264 g/mol. The van der Waals surface area contributed by atoms with Crippen LogP contribution in [-0.4, -0.2) is 11.7 Å². The summed E-state index contributed by atoms with van der Waals surface area (Å²) in [6.45, 7) is 13.8. The molecule has 0 radical (unpaired) electrons. The number of hydrogen-bond acceptors (Lipinski definition) is 2. The van der Waals surface area contributed by atoms with Crippen LogP contribution in [0.2, 0.25) is 0 Å². The predicted molar refractivity (Wildman–Crippen MR) is 71.3 cm³/mol. The van der Waals surface area contributed by atoms with Gasteiger partial charge in [0.25, 0.3) is 0 Å². The Balaban J connectivity index is 2.86. The number of amides is 1. The third-order valence-corrected chi connectivity index (χ3v) is 2.29. The topological polar surface area (TPSA) is 42.7 Å². The van der Waals surface area contributed by atoms with Gasteiger partial charge < -0.3 is 9.58 Å². The molecule has 1 atom stereocenters. The van der Waals surface area contributed by atoms with Crippen molar-refractivity contribution in [3.05, 3.63) is 41.0 Å². The van der Waals surface area contributed by atoms with Crippen LogP contribution in [-0.2, 0) is 4.74 Å². The standard InChI is InChI=1S/C14H17FN2O2/c1-9(16-5)11-8-10(6-7-12(11)15)17-13(18)19-14(2,3)4/h6-9H,1-4H3,(H,17,18). The van der Waals surface area contributed by atoms with Crippen LogP contribution < -0.4 is 5.32 Å². The Morgan fingerprint density at radius 1 is 1.47 bits per heavy atom. The fourth-order valence-electron chi connectivity index (χ4n) is 1.43. The van der Waals surface area contributed by atoms with Gasteiger partial charge in [-0.2, -0.15) is 0 Å². The molecule has 0 bridgehead atoms. The van der Waals surface area contributed by atoms with Crippen LogP contribution in [0.1, 0.15) is 39.3 Å². The quantitative estimate of drug-likeness (QED) is 0.815. The first kappa shape index (κ1) is 15.0. The van der Waals surface area contributed by atoms with E-state index in [-0.39, 0.29) is 5.56 Å². The zero-order valence-electron chi connectivity index (χ0n) is 11.5. The SMILES string of the molecule is [C-]#[N+]C(C)c1cc(NC(=O)OC(C)(C)C)ccc1F. The first-order valence-corrected chi connectivity index (χ1v) is 5.89. The Bertz CT molecular complexity index is 515. The fraction of sp³-hybridized carbons (Fsp3) is 0.429. The summed E-state index contributed by atoms with van der Waals surface area (Å²) < 4.78 is 18.6. The smallest absolute Gasteiger partial charge is 0.412 e. The molecule has 0 spiro atoms. The van der Waals surface area contributed by atoms with E-state index in [1.165, 1.54) is 18.2 Å². The molecule has 0 aliphatic rings. The molecule has 1 rings (SSSR count). The highest BCUT2D eigenvalue weighted by molar-refractivity contribution is 5.85. The molecule has 102 valence electrons. The highest BCUT2D eigenvalue weighted by Crippen LogP contribution is 2.24. The molecule has 1 aromatic carbocycles. The molecule has 0 aliphatic heterocycles.